The van der Waals surface area contributed by atoms with Gasteiger partial charge in [0, 0.05) is 16.8 Å². The summed E-state index contributed by atoms with van der Waals surface area (Å²) in [5.74, 6) is 0. The van der Waals surface area contributed by atoms with E-state index in [1.807, 2.05) is 0 Å². The van der Waals surface area contributed by atoms with Crippen LogP contribution in [0.25, 0.3) is 21.9 Å². The fourth-order valence-electron chi connectivity index (χ4n) is 7.10. The summed E-state index contributed by atoms with van der Waals surface area (Å²) in [4.78, 5) is 2.37. The Kier molecular flexibility index (Phi) is 4.66. The molecule has 0 aromatic heterocycles. The predicted octanol–water partition coefficient (Wildman–Crippen LogP) is 9.69. The van der Waals surface area contributed by atoms with Crippen LogP contribution in [0.1, 0.15) is 44.2 Å². The minimum atomic E-state index is 0.327. The van der Waals surface area contributed by atoms with Crippen LogP contribution in [-0.4, -0.2) is 0 Å². The molecule has 5 aromatic rings. The second-order valence-electron chi connectivity index (χ2n) is 11.2. The van der Waals surface area contributed by atoms with E-state index in [0.717, 1.165) is 11.4 Å². The molecule has 0 radical (unpaired) electrons. The quantitative estimate of drug-likeness (QED) is 0.255. The first-order valence-electron chi connectivity index (χ1n) is 13.1. The third-order valence-corrected chi connectivity index (χ3v) is 8.81. The van der Waals surface area contributed by atoms with Crippen molar-refractivity contribution in [3.8, 4) is 11.1 Å². The molecular formula is C35H31N. The molecule has 0 spiro atoms. The lowest BCUT2D eigenvalue weighted by Crippen LogP contribution is -2.17. The average Bonchev–Trinajstić information content (AvgIpc) is 3.37. The molecule has 1 fully saturated rings. The van der Waals surface area contributed by atoms with Crippen molar-refractivity contribution in [1.82, 2.24) is 0 Å². The van der Waals surface area contributed by atoms with Gasteiger partial charge in [-0.05, 0) is 88.1 Å². The zero-order chi connectivity index (χ0) is 24.3. The fraction of sp³-hybridized carbons (Fsp3) is 0.200. The number of fused-ring (bicyclic) bond motifs is 6. The number of para-hydroxylation sites is 2. The Morgan fingerprint density at radius 3 is 1.81 bits per heavy atom. The van der Waals surface area contributed by atoms with Gasteiger partial charge in [0.15, 0.2) is 0 Å². The minimum Gasteiger partial charge on any atom is -0.310 e. The number of rotatable bonds is 4. The highest BCUT2D eigenvalue weighted by molar-refractivity contribution is 6.06. The molecule has 0 N–H and O–H groups in total. The van der Waals surface area contributed by atoms with Crippen LogP contribution in [0.15, 0.2) is 115 Å². The topological polar surface area (TPSA) is 3.24 Å². The van der Waals surface area contributed by atoms with Gasteiger partial charge >= 0.3 is 0 Å². The minimum absolute atomic E-state index is 0.327. The van der Waals surface area contributed by atoms with Gasteiger partial charge in [0.2, 0.25) is 0 Å². The van der Waals surface area contributed by atoms with Crippen LogP contribution >= 0.6 is 0 Å². The molecule has 1 heteroatoms. The normalized spacial score (nSPS) is 22.1. The molecule has 0 amide bonds. The van der Waals surface area contributed by atoms with Crippen LogP contribution in [0.5, 0.6) is 0 Å². The summed E-state index contributed by atoms with van der Waals surface area (Å²) in [6.07, 6.45) is 3.92. The molecule has 0 heterocycles. The van der Waals surface area contributed by atoms with Gasteiger partial charge in [-0.1, -0.05) is 98.8 Å². The molecule has 5 aromatic carbocycles. The highest BCUT2D eigenvalue weighted by Gasteiger charge is 2.52. The van der Waals surface area contributed by atoms with Gasteiger partial charge in [0.25, 0.3) is 0 Å². The molecule has 2 aliphatic rings. The molecule has 7 rings (SSSR count). The Morgan fingerprint density at radius 1 is 0.556 bits per heavy atom. The maximum Gasteiger partial charge on any atom is 0.0540 e. The number of hydrogen-bond donors (Lipinski definition) is 0. The molecule has 36 heavy (non-hydrogen) atoms. The van der Waals surface area contributed by atoms with Gasteiger partial charge in [-0.15, -0.1) is 0 Å². The molecule has 1 saturated carbocycles. The third kappa shape index (κ3) is 3.15. The maximum absolute atomic E-state index is 2.51. The van der Waals surface area contributed by atoms with Crippen LogP contribution in [-0.2, 0) is 10.8 Å². The van der Waals surface area contributed by atoms with E-state index in [4.69, 9.17) is 0 Å². The molecule has 2 atom stereocenters. The molecular weight excluding hydrogens is 434 g/mol. The zero-order valence-corrected chi connectivity index (χ0v) is 21.0. The van der Waals surface area contributed by atoms with Gasteiger partial charge in [0.1, 0.15) is 0 Å². The maximum atomic E-state index is 2.51. The van der Waals surface area contributed by atoms with Crippen LogP contribution in [0.3, 0.4) is 0 Å². The Morgan fingerprint density at radius 2 is 1.14 bits per heavy atom. The lowest BCUT2D eigenvalue weighted by Gasteiger charge is -2.28. The van der Waals surface area contributed by atoms with Crippen LogP contribution in [0, 0.1) is 0 Å². The molecule has 0 saturated heterocycles. The van der Waals surface area contributed by atoms with Crippen molar-refractivity contribution in [1.29, 1.82) is 0 Å². The van der Waals surface area contributed by atoms with Crippen molar-refractivity contribution in [2.24, 2.45) is 0 Å². The largest absolute Gasteiger partial charge is 0.310 e. The summed E-state index contributed by atoms with van der Waals surface area (Å²) in [6.45, 7) is 4.95. The third-order valence-electron chi connectivity index (χ3n) is 8.81. The summed E-state index contributed by atoms with van der Waals surface area (Å²) in [5, 5.41) is 2.56. The average molecular weight is 466 g/mol. The molecule has 2 unspecified atom stereocenters. The van der Waals surface area contributed by atoms with E-state index in [2.05, 4.69) is 134 Å². The van der Waals surface area contributed by atoms with E-state index in [0.29, 0.717) is 10.8 Å². The highest BCUT2D eigenvalue weighted by atomic mass is 15.1. The number of benzene rings is 5. The van der Waals surface area contributed by atoms with Crippen molar-refractivity contribution in [3.63, 3.8) is 0 Å². The van der Waals surface area contributed by atoms with Crippen molar-refractivity contribution in [2.75, 3.05) is 4.90 Å². The van der Waals surface area contributed by atoms with Crippen molar-refractivity contribution < 1.29 is 0 Å². The summed E-state index contributed by atoms with van der Waals surface area (Å²) in [6, 6.07) is 42.2. The first-order chi connectivity index (χ1) is 17.6. The van der Waals surface area contributed by atoms with E-state index in [9.17, 15) is 0 Å². The SMILES string of the molecule is CC12CCC(C)(C1)c1cc(-c3ccc(N(c4ccccc4)c4ccccc4)c4ccccc34)ccc12. The highest BCUT2D eigenvalue weighted by Crippen LogP contribution is 2.61. The summed E-state index contributed by atoms with van der Waals surface area (Å²) >= 11 is 0. The lowest BCUT2D eigenvalue weighted by atomic mass is 9.77. The lowest BCUT2D eigenvalue weighted by molar-refractivity contribution is 0.484. The van der Waals surface area contributed by atoms with E-state index in [1.54, 1.807) is 11.1 Å². The van der Waals surface area contributed by atoms with Crippen LogP contribution in [0.4, 0.5) is 17.1 Å². The van der Waals surface area contributed by atoms with Gasteiger partial charge in [-0.2, -0.15) is 0 Å². The van der Waals surface area contributed by atoms with E-state index < -0.39 is 0 Å². The zero-order valence-electron chi connectivity index (χ0n) is 21.0. The Bertz CT molecular complexity index is 1550. The second-order valence-corrected chi connectivity index (χ2v) is 11.2. The van der Waals surface area contributed by atoms with Gasteiger partial charge < -0.3 is 4.90 Å². The molecule has 176 valence electrons. The first-order valence-corrected chi connectivity index (χ1v) is 13.1. The second kappa shape index (κ2) is 7.83. The monoisotopic (exact) mass is 465 g/mol. The molecule has 2 bridgehead atoms. The van der Waals surface area contributed by atoms with Gasteiger partial charge in [-0.3, -0.25) is 0 Å². The van der Waals surface area contributed by atoms with Crippen molar-refractivity contribution in [3.05, 3.63) is 126 Å². The predicted molar refractivity (Wildman–Crippen MR) is 153 cm³/mol. The summed E-state index contributed by atoms with van der Waals surface area (Å²) in [5.41, 5.74) is 10.0. The first kappa shape index (κ1) is 21.4. The van der Waals surface area contributed by atoms with E-state index in [1.165, 1.54) is 46.8 Å². The van der Waals surface area contributed by atoms with Gasteiger partial charge in [-0.25, -0.2) is 0 Å². The van der Waals surface area contributed by atoms with Crippen molar-refractivity contribution in [2.45, 2.75) is 43.9 Å². The Hall–Kier alpha value is -3.84. The Balaban J connectivity index is 1.42. The molecule has 0 aliphatic heterocycles. The van der Waals surface area contributed by atoms with Crippen LogP contribution < -0.4 is 4.90 Å². The van der Waals surface area contributed by atoms with E-state index in [-0.39, 0.29) is 0 Å². The van der Waals surface area contributed by atoms with Crippen LogP contribution in [0.2, 0.25) is 0 Å². The molecule has 2 aliphatic carbocycles. The number of nitrogens with zero attached hydrogens (tertiary/aromatic N) is 1. The van der Waals surface area contributed by atoms with Crippen molar-refractivity contribution >= 4 is 27.8 Å². The van der Waals surface area contributed by atoms with Gasteiger partial charge in [0.05, 0.1) is 5.69 Å². The Labute approximate surface area is 214 Å². The fourth-order valence-corrected chi connectivity index (χ4v) is 7.10. The number of anilines is 3. The summed E-state index contributed by atoms with van der Waals surface area (Å²) < 4.78 is 0. The van der Waals surface area contributed by atoms with E-state index >= 15 is 0 Å². The molecule has 1 nitrogen and oxygen atoms in total. The standard InChI is InChI=1S/C35H31N/c1-34-21-22-35(2,24-34)32-23-25(17-19-31(32)34)28-18-20-33(30-16-10-9-15-29(28)30)36(26-11-5-3-6-12-26)27-13-7-4-8-14-27/h3-20,23H,21-22,24H2,1-2H3. The summed E-state index contributed by atoms with van der Waals surface area (Å²) in [7, 11) is 0. The number of hydrogen-bond acceptors (Lipinski definition) is 1. The smallest absolute Gasteiger partial charge is 0.0540 e.